The van der Waals surface area contributed by atoms with Gasteiger partial charge in [-0.1, -0.05) is 42.2 Å². The molecule has 0 N–H and O–H groups in total. The molecule has 6 heteroatoms. The monoisotopic (exact) mass is 354 g/mol. The van der Waals surface area contributed by atoms with Gasteiger partial charge in [0.1, 0.15) is 0 Å². The number of alkyl halides is 3. The van der Waals surface area contributed by atoms with Gasteiger partial charge in [-0.05, 0) is 29.8 Å². The largest absolute Gasteiger partial charge is 0.416 e. The molecule has 3 aromatic rings. The Morgan fingerprint density at radius 2 is 1.73 bits per heavy atom. The Kier molecular flexibility index (Phi) is 4.63. The minimum atomic E-state index is -4.50. The fourth-order valence-corrected chi connectivity index (χ4v) is 2.42. The first kappa shape index (κ1) is 17.5. The summed E-state index contributed by atoms with van der Waals surface area (Å²) in [4.78, 5) is 12.5. The van der Waals surface area contributed by atoms with Crippen molar-refractivity contribution >= 4 is 0 Å². The lowest BCUT2D eigenvalue weighted by Gasteiger charge is -2.10. The summed E-state index contributed by atoms with van der Waals surface area (Å²) in [5.41, 5.74) is -0.0864. The molecule has 1 heterocycles. The lowest BCUT2D eigenvalue weighted by atomic mass is 10.0. The molecule has 2 aromatic carbocycles. The summed E-state index contributed by atoms with van der Waals surface area (Å²) in [6, 6.07) is 13.7. The molecule has 0 bridgehead atoms. The van der Waals surface area contributed by atoms with E-state index in [4.69, 9.17) is 0 Å². The maximum Gasteiger partial charge on any atom is 0.416 e. The van der Waals surface area contributed by atoms with E-state index in [0.29, 0.717) is 0 Å². The van der Waals surface area contributed by atoms with Crippen LogP contribution in [0, 0.1) is 11.8 Å². The van der Waals surface area contributed by atoms with Gasteiger partial charge in [-0.3, -0.25) is 4.79 Å². The van der Waals surface area contributed by atoms with E-state index in [0.717, 1.165) is 22.4 Å². The first-order valence-electron chi connectivity index (χ1n) is 7.67. The molecule has 1 aromatic heterocycles. The Morgan fingerprint density at radius 1 is 1.00 bits per heavy atom. The highest BCUT2D eigenvalue weighted by molar-refractivity contribution is 5.70. The zero-order chi connectivity index (χ0) is 18.7. The molecule has 0 spiro atoms. The molecule has 0 unspecified atom stereocenters. The predicted octanol–water partition coefficient (Wildman–Crippen LogP) is 3.87. The maximum absolute atomic E-state index is 13.0. The lowest BCUT2D eigenvalue weighted by Crippen LogP contribution is -2.22. The summed E-state index contributed by atoms with van der Waals surface area (Å²) < 4.78 is 40.1. The van der Waals surface area contributed by atoms with Crippen LogP contribution in [0.1, 0.15) is 16.7 Å². The molecule has 0 saturated carbocycles. The van der Waals surface area contributed by atoms with Crippen molar-refractivity contribution in [3.8, 4) is 23.0 Å². The number of rotatable bonds is 1. The fraction of sp³-hybridized carbons (Fsp3) is 0.100. The summed E-state index contributed by atoms with van der Waals surface area (Å²) in [6.07, 6.45) is -3.11. The normalized spacial score (nSPS) is 10.9. The number of nitrogens with zero attached hydrogens (tertiary/aromatic N) is 2. The first-order chi connectivity index (χ1) is 12.4. The molecule has 3 nitrogen and oxygen atoms in total. The van der Waals surface area contributed by atoms with Gasteiger partial charge in [-0.25, -0.2) is 4.68 Å². The molecule has 0 aliphatic carbocycles. The van der Waals surface area contributed by atoms with Crippen molar-refractivity contribution in [2.24, 2.45) is 7.05 Å². The Hall–Kier alpha value is -3.33. The summed E-state index contributed by atoms with van der Waals surface area (Å²) in [5.74, 6) is 5.75. The maximum atomic E-state index is 13.0. The topological polar surface area (TPSA) is 34.9 Å². The summed E-state index contributed by atoms with van der Waals surface area (Å²) in [5, 5.41) is 3.93. The molecule has 0 saturated heterocycles. The number of hydrogen-bond acceptors (Lipinski definition) is 2. The predicted molar refractivity (Wildman–Crippen MR) is 92.3 cm³/mol. The van der Waals surface area contributed by atoms with Crippen LogP contribution in [0.5, 0.6) is 0 Å². The molecule has 0 radical (unpaired) electrons. The lowest BCUT2D eigenvalue weighted by molar-refractivity contribution is -0.137. The van der Waals surface area contributed by atoms with Crippen LogP contribution in [0.15, 0.2) is 65.6 Å². The molecule has 26 heavy (non-hydrogen) atoms. The van der Waals surface area contributed by atoms with Crippen molar-refractivity contribution in [1.82, 2.24) is 9.78 Å². The van der Waals surface area contributed by atoms with Crippen LogP contribution in [0.2, 0.25) is 0 Å². The van der Waals surface area contributed by atoms with E-state index >= 15 is 0 Å². The second-order valence-electron chi connectivity index (χ2n) is 5.56. The van der Waals surface area contributed by atoms with Crippen molar-refractivity contribution < 1.29 is 13.2 Å². The van der Waals surface area contributed by atoms with Crippen LogP contribution in [0.4, 0.5) is 13.2 Å². The third-order valence-corrected chi connectivity index (χ3v) is 3.73. The summed E-state index contributed by atoms with van der Waals surface area (Å²) in [6.45, 7) is 0. The minimum Gasteiger partial charge on any atom is -0.267 e. The highest BCUT2D eigenvalue weighted by Crippen LogP contribution is 2.32. The van der Waals surface area contributed by atoms with Gasteiger partial charge < -0.3 is 0 Å². The Labute approximate surface area is 147 Å². The summed E-state index contributed by atoms with van der Waals surface area (Å²) >= 11 is 0. The molecule has 0 aliphatic heterocycles. The van der Waals surface area contributed by atoms with E-state index < -0.39 is 17.3 Å². The zero-order valence-corrected chi connectivity index (χ0v) is 13.7. The van der Waals surface area contributed by atoms with Gasteiger partial charge in [0.05, 0.1) is 22.9 Å². The van der Waals surface area contributed by atoms with Crippen molar-refractivity contribution in [3.05, 3.63) is 87.8 Å². The molecule has 3 rings (SSSR count). The highest BCUT2D eigenvalue weighted by Gasteiger charge is 2.30. The standard InChI is InChI=1S/C20H13F3N2O/c1-25-19(26)18(15-8-5-9-17(12-15)20(21,22)23)16(13-24-25)11-10-14-6-3-2-4-7-14/h2-9,12-13H,1H3. The van der Waals surface area contributed by atoms with Gasteiger partial charge in [0.2, 0.25) is 0 Å². The van der Waals surface area contributed by atoms with Crippen molar-refractivity contribution in [3.63, 3.8) is 0 Å². The van der Waals surface area contributed by atoms with Gasteiger partial charge in [0.25, 0.3) is 5.56 Å². The average molecular weight is 354 g/mol. The summed E-state index contributed by atoms with van der Waals surface area (Å²) in [7, 11) is 1.44. The van der Waals surface area contributed by atoms with Crippen LogP contribution in [0.25, 0.3) is 11.1 Å². The van der Waals surface area contributed by atoms with Gasteiger partial charge in [-0.15, -0.1) is 0 Å². The second-order valence-corrected chi connectivity index (χ2v) is 5.56. The van der Waals surface area contributed by atoms with E-state index in [1.54, 1.807) is 12.1 Å². The highest BCUT2D eigenvalue weighted by atomic mass is 19.4. The van der Waals surface area contributed by atoms with Crippen LogP contribution >= 0.6 is 0 Å². The van der Waals surface area contributed by atoms with Crippen LogP contribution in [0.3, 0.4) is 0 Å². The van der Waals surface area contributed by atoms with E-state index in [-0.39, 0.29) is 16.7 Å². The van der Waals surface area contributed by atoms with Gasteiger partial charge in [0, 0.05) is 12.6 Å². The molecule has 0 atom stereocenters. The van der Waals surface area contributed by atoms with Crippen molar-refractivity contribution in [2.75, 3.05) is 0 Å². The van der Waals surface area contributed by atoms with Crippen molar-refractivity contribution in [2.45, 2.75) is 6.18 Å². The number of aromatic nitrogens is 2. The molecule has 0 aliphatic rings. The van der Waals surface area contributed by atoms with E-state index in [1.165, 1.54) is 25.4 Å². The van der Waals surface area contributed by atoms with Gasteiger partial charge in [0.15, 0.2) is 0 Å². The molecular formula is C20H13F3N2O. The molecule has 0 fully saturated rings. The number of hydrogen-bond donors (Lipinski definition) is 0. The Morgan fingerprint density at radius 3 is 2.42 bits per heavy atom. The average Bonchev–Trinajstić information content (AvgIpc) is 2.63. The zero-order valence-electron chi connectivity index (χ0n) is 13.7. The third-order valence-electron chi connectivity index (χ3n) is 3.73. The third kappa shape index (κ3) is 3.67. The Bertz CT molecular complexity index is 1060. The molecular weight excluding hydrogens is 341 g/mol. The Balaban J connectivity index is 2.17. The van der Waals surface area contributed by atoms with Crippen LogP contribution in [-0.2, 0) is 13.2 Å². The number of benzene rings is 2. The minimum absolute atomic E-state index is 0.0945. The molecule has 0 amide bonds. The van der Waals surface area contributed by atoms with E-state index in [1.807, 2.05) is 18.2 Å². The van der Waals surface area contributed by atoms with E-state index in [2.05, 4.69) is 16.9 Å². The second kappa shape index (κ2) is 6.89. The van der Waals surface area contributed by atoms with Gasteiger partial charge >= 0.3 is 6.18 Å². The number of aryl methyl sites for hydroxylation is 1. The quantitative estimate of drug-likeness (QED) is 0.622. The SMILES string of the molecule is Cn1ncc(C#Cc2ccccc2)c(-c2cccc(C(F)(F)F)c2)c1=O. The van der Waals surface area contributed by atoms with E-state index in [9.17, 15) is 18.0 Å². The smallest absolute Gasteiger partial charge is 0.267 e. The number of halogens is 3. The molecule has 130 valence electrons. The van der Waals surface area contributed by atoms with Crippen LogP contribution in [-0.4, -0.2) is 9.78 Å². The van der Waals surface area contributed by atoms with Gasteiger partial charge in [-0.2, -0.15) is 18.3 Å². The van der Waals surface area contributed by atoms with Crippen LogP contribution < -0.4 is 5.56 Å². The first-order valence-corrected chi connectivity index (χ1v) is 7.67. The van der Waals surface area contributed by atoms with Crippen molar-refractivity contribution in [1.29, 1.82) is 0 Å². The fourth-order valence-electron chi connectivity index (χ4n) is 2.42.